The number of aromatic nitrogens is 1. The van der Waals surface area contributed by atoms with Crippen molar-refractivity contribution >= 4 is 29.9 Å². The molecule has 2 bridgehead atoms. The third-order valence-electron chi connectivity index (χ3n) is 6.32. The number of hydrogen-bond donors (Lipinski definition) is 2. The molecule has 2 aliphatic rings. The molecule has 2 atom stereocenters. The summed E-state index contributed by atoms with van der Waals surface area (Å²) in [5, 5.41) is 11.3. The largest absolute Gasteiger partial charge is 0.359 e. The van der Waals surface area contributed by atoms with Crippen molar-refractivity contribution in [2.75, 3.05) is 14.1 Å². The molecule has 2 fully saturated rings. The fourth-order valence-corrected chi connectivity index (χ4v) is 4.60. The zero-order chi connectivity index (χ0) is 18.5. The topological polar surface area (TPSA) is 65.7 Å². The van der Waals surface area contributed by atoms with Gasteiger partial charge >= 0.3 is 0 Å². The SMILES string of the molecule is CCC(CC)c1cc(CNC(=NC)NC2CC3CCCC(C2)N3C)on1.I. The Kier molecular flexibility index (Phi) is 8.85. The summed E-state index contributed by atoms with van der Waals surface area (Å²) in [5.74, 6) is 2.22. The molecule has 0 radical (unpaired) electrons. The summed E-state index contributed by atoms with van der Waals surface area (Å²) in [5.41, 5.74) is 1.07. The first-order valence-corrected chi connectivity index (χ1v) is 10.3. The predicted octanol–water partition coefficient (Wildman–Crippen LogP) is 3.88. The number of aliphatic imine (C=N–C) groups is 1. The van der Waals surface area contributed by atoms with E-state index in [2.05, 4.69) is 52.6 Å². The van der Waals surface area contributed by atoms with E-state index in [1.54, 1.807) is 0 Å². The molecule has 7 heteroatoms. The third-order valence-corrected chi connectivity index (χ3v) is 6.32. The highest BCUT2D eigenvalue weighted by molar-refractivity contribution is 14.0. The average molecular weight is 489 g/mol. The van der Waals surface area contributed by atoms with E-state index >= 15 is 0 Å². The highest BCUT2D eigenvalue weighted by Crippen LogP contribution is 2.32. The van der Waals surface area contributed by atoms with Crippen LogP contribution in [-0.2, 0) is 6.54 Å². The molecular weight excluding hydrogens is 453 g/mol. The van der Waals surface area contributed by atoms with Crippen LogP contribution in [0.25, 0.3) is 0 Å². The summed E-state index contributed by atoms with van der Waals surface area (Å²) in [4.78, 5) is 6.99. The van der Waals surface area contributed by atoms with Gasteiger partial charge < -0.3 is 20.1 Å². The highest BCUT2D eigenvalue weighted by atomic mass is 127. The quantitative estimate of drug-likeness (QED) is 0.361. The van der Waals surface area contributed by atoms with Gasteiger partial charge in [0.15, 0.2) is 11.7 Å². The third kappa shape index (κ3) is 5.59. The van der Waals surface area contributed by atoms with Crippen molar-refractivity contribution in [1.82, 2.24) is 20.7 Å². The molecule has 1 aromatic heterocycles. The van der Waals surface area contributed by atoms with Crippen molar-refractivity contribution in [3.63, 3.8) is 0 Å². The molecule has 6 nitrogen and oxygen atoms in total. The smallest absolute Gasteiger partial charge is 0.191 e. The minimum Gasteiger partial charge on any atom is -0.359 e. The Morgan fingerprint density at radius 1 is 1.30 bits per heavy atom. The average Bonchev–Trinajstić information content (AvgIpc) is 3.09. The van der Waals surface area contributed by atoms with Gasteiger partial charge in [-0.2, -0.15) is 0 Å². The van der Waals surface area contributed by atoms with Gasteiger partial charge in [-0.15, -0.1) is 24.0 Å². The van der Waals surface area contributed by atoms with Gasteiger partial charge in [0.05, 0.1) is 12.2 Å². The van der Waals surface area contributed by atoms with Crippen molar-refractivity contribution in [3.05, 3.63) is 17.5 Å². The van der Waals surface area contributed by atoms with Crippen LogP contribution in [0.1, 0.15) is 76.2 Å². The molecule has 2 N–H and O–H groups in total. The van der Waals surface area contributed by atoms with Crippen molar-refractivity contribution in [2.24, 2.45) is 4.99 Å². The first-order chi connectivity index (χ1) is 12.6. The zero-order valence-corrected chi connectivity index (χ0v) is 19.5. The first-order valence-electron chi connectivity index (χ1n) is 10.3. The van der Waals surface area contributed by atoms with Gasteiger partial charge in [-0.1, -0.05) is 25.4 Å². The van der Waals surface area contributed by atoms with Gasteiger partial charge in [-0.25, -0.2) is 0 Å². The predicted molar refractivity (Wildman–Crippen MR) is 121 cm³/mol. The second-order valence-corrected chi connectivity index (χ2v) is 7.87. The number of rotatable bonds is 6. The molecule has 2 aliphatic heterocycles. The fraction of sp³-hybridized carbons (Fsp3) is 0.800. The Hall–Kier alpha value is -0.830. The maximum Gasteiger partial charge on any atom is 0.191 e. The fourth-order valence-electron chi connectivity index (χ4n) is 4.60. The summed E-state index contributed by atoms with van der Waals surface area (Å²) in [6.45, 7) is 5.01. The van der Waals surface area contributed by atoms with Gasteiger partial charge in [0.2, 0.25) is 0 Å². The molecule has 3 heterocycles. The Morgan fingerprint density at radius 3 is 2.56 bits per heavy atom. The van der Waals surface area contributed by atoms with Crippen LogP contribution in [0.5, 0.6) is 0 Å². The van der Waals surface area contributed by atoms with Crippen molar-refractivity contribution in [3.8, 4) is 0 Å². The summed E-state index contributed by atoms with van der Waals surface area (Å²) in [6, 6.07) is 4.02. The van der Waals surface area contributed by atoms with Gasteiger partial charge in [0.1, 0.15) is 0 Å². The molecule has 0 saturated carbocycles. The highest BCUT2D eigenvalue weighted by Gasteiger charge is 2.36. The van der Waals surface area contributed by atoms with E-state index < -0.39 is 0 Å². The Bertz CT molecular complexity index is 587. The number of nitrogens with zero attached hydrogens (tertiary/aromatic N) is 3. The van der Waals surface area contributed by atoms with E-state index in [1.165, 1.54) is 32.1 Å². The molecule has 1 aromatic rings. The van der Waals surface area contributed by atoms with Crippen LogP contribution >= 0.6 is 24.0 Å². The number of fused-ring (bicyclic) bond motifs is 2. The number of nitrogens with one attached hydrogen (secondary N) is 2. The molecule has 0 spiro atoms. The van der Waals surface area contributed by atoms with Gasteiger partial charge in [-0.05, 0) is 45.6 Å². The van der Waals surface area contributed by atoms with E-state index in [4.69, 9.17) is 4.52 Å². The Labute approximate surface area is 180 Å². The van der Waals surface area contributed by atoms with Crippen LogP contribution < -0.4 is 10.6 Å². The van der Waals surface area contributed by atoms with Crippen LogP contribution in [0.15, 0.2) is 15.6 Å². The lowest BCUT2D eigenvalue weighted by molar-refractivity contribution is 0.0526. The molecule has 154 valence electrons. The monoisotopic (exact) mass is 489 g/mol. The minimum absolute atomic E-state index is 0. The van der Waals surface area contributed by atoms with Crippen molar-refractivity contribution in [1.29, 1.82) is 0 Å². The normalized spacial score (nSPS) is 26.0. The zero-order valence-electron chi connectivity index (χ0n) is 17.2. The maximum absolute atomic E-state index is 5.51. The van der Waals surface area contributed by atoms with Gasteiger partial charge in [0.25, 0.3) is 0 Å². The van der Waals surface area contributed by atoms with E-state index in [0.717, 1.165) is 42.3 Å². The number of piperidine rings is 2. The number of hydrogen-bond acceptors (Lipinski definition) is 4. The second kappa shape index (κ2) is 10.6. The summed E-state index contributed by atoms with van der Waals surface area (Å²) < 4.78 is 5.51. The summed E-state index contributed by atoms with van der Waals surface area (Å²) in [6.07, 6.45) is 8.63. The number of guanidine groups is 1. The van der Waals surface area contributed by atoms with Crippen LogP contribution in [0.3, 0.4) is 0 Å². The van der Waals surface area contributed by atoms with Crippen molar-refractivity contribution in [2.45, 2.75) is 89.4 Å². The molecule has 2 saturated heterocycles. The Morgan fingerprint density at radius 2 is 1.96 bits per heavy atom. The first kappa shape index (κ1) is 22.5. The standard InChI is InChI=1S/C20H35N5O.HI/c1-5-14(6-2)19-12-18(26-24-19)13-22-20(21-3)23-15-10-16-8-7-9-17(11-15)25(16)4;/h12,14-17H,5-11,13H2,1-4H3,(H2,21,22,23);1H. The molecule has 27 heavy (non-hydrogen) atoms. The molecule has 2 unspecified atom stereocenters. The molecular formula is C20H36IN5O. The lowest BCUT2D eigenvalue weighted by atomic mass is 9.82. The summed E-state index contributed by atoms with van der Waals surface area (Å²) in [7, 11) is 4.13. The van der Waals surface area contributed by atoms with Gasteiger partial charge in [0, 0.05) is 37.2 Å². The second-order valence-electron chi connectivity index (χ2n) is 7.87. The van der Waals surface area contributed by atoms with Crippen molar-refractivity contribution < 1.29 is 4.52 Å². The van der Waals surface area contributed by atoms with Crippen LogP contribution in [0.2, 0.25) is 0 Å². The molecule has 0 amide bonds. The van der Waals surface area contributed by atoms with E-state index in [9.17, 15) is 0 Å². The van der Waals surface area contributed by atoms with Crippen LogP contribution in [0, 0.1) is 0 Å². The lowest BCUT2D eigenvalue weighted by Crippen LogP contribution is -2.56. The van der Waals surface area contributed by atoms with E-state index in [-0.39, 0.29) is 24.0 Å². The Balaban J connectivity index is 0.00000261. The van der Waals surface area contributed by atoms with Crippen LogP contribution in [0.4, 0.5) is 0 Å². The van der Waals surface area contributed by atoms with E-state index in [0.29, 0.717) is 18.5 Å². The van der Waals surface area contributed by atoms with Crippen LogP contribution in [-0.4, -0.2) is 48.2 Å². The molecule has 0 aliphatic carbocycles. The molecule has 3 rings (SSSR count). The minimum atomic E-state index is 0. The number of halogens is 1. The maximum atomic E-state index is 5.51. The summed E-state index contributed by atoms with van der Waals surface area (Å²) >= 11 is 0. The molecule has 0 aromatic carbocycles. The van der Waals surface area contributed by atoms with Gasteiger partial charge in [-0.3, -0.25) is 4.99 Å². The van der Waals surface area contributed by atoms with E-state index in [1.807, 2.05) is 7.05 Å². The lowest BCUT2D eigenvalue weighted by Gasteiger charge is -2.47.